The molecule has 0 spiro atoms. The summed E-state index contributed by atoms with van der Waals surface area (Å²) in [6.45, 7) is 2.06. The first kappa shape index (κ1) is 16.2. The third-order valence-corrected chi connectivity index (χ3v) is 3.32. The van der Waals surface area contributed by atoms with Crippen molar-refractivity contribution in [3.8, 4) is 28.8 Å². The third kappa shape index (κ3) is 3.33. The first-order valence-corrected chi connectivity index (χ1v) is 7.61. The van der Waals surface area contributed by atoms with Gasteiger partial charge in [-0.3, -0.25) is 15.4 Å². The molecule has 0 aromatic carbocycles. The summed E-state index contributed by atoms with van der Waals surface area (Å²) in [6, 6.07) is 12.8. The SMILES string of the molecule is CCOC(=N)c1nc(-c2ccccn2)c(-c2ccccn2)nc1C#N. The molecular formula is C18H14N6O. The van der Waals surface area contributed by atoms with E-state index in [0.29, 0.717) is 29.4 Å². The summed E-state index contributed by atoms with van der Waals surface area (Å²) in [5.41, 5.74) is 2.12. The second-order valence-corrected chi connectivity index (χ2v) is 4.92. The van der Waals surface area contributed by atoms with Gasteiger partial charge in [-0.2, -0.15) is 5.26 Å². The number of ether oxygens (including phenoxy) is 1. The van der Waals surface area contributed by atoms with Crippen molar-refractivity contribution in [3.05, 3.63) is 60.2 Å². The molecule has 3 aromatic heterocycles. The fourth-order valence-electron chi connectivity index (χ4n) is 2.25. The summed E-state index contributed by atoms with van der Waals surface area (Å²) < 4.78 is 5.20. The fourth-order valence-corrected chi connectivity index (χ4v) is 2.25. The minimum atomic E-state index is -0.198. The van der Waals surface area contributed by atoms with E-state index in [9.17, 15) is 5.26 Å². The number of rotatable bonds is 4. The van der Waals surface area contributed by atoms with Gasteiger partial charge in [0.25, 0.3) is 0 Å². The van der Waals surface area contributed by atoms with Gasteiger partial charge < -0.3 is 4.74 Å². The Labute approximate surface area is 144 Å². The number of pyridine rings is 2. The zero-order chi connectivity index (χ0) is 17.6. The molecule has 0 atom stereocenters. The largest absolute Gasteiger partial charge is 0.477 e. The number of hydrogen-bond acceptors (Lipinski definition) is 7. The molecule has 25 heavy (non-hydrogen) atoms. The molecule has 0 aliphatic heterocycles. The van der Waals surface area contributed by atoms with Crippen molar-refractivity contribution in [2.24, 2.45) is 0 Å². The van der Waals surface area contributed by atoms with E-state index in [1.807, 2.05) is 18.2 Å². The van der Waals surface area contributed by atoms with Crippen LogP contribution in [0.3, 0.4) is 0 Å². The first-order chi connectivity index (χ1) is 12.2. The molecule has 0 amide bonds. The smallest absolute Gasteiger partial charge is 0.235 e. The van der Waals surface area contributed by atoms with Crippen molar-refractivity contribution in [3.63, 3.8) is 0 Å². The lowest BCUT2D eigenvalue weighted by Crippen LogP contribution is -2.13. The van der Waals surface area contributed by atoms with Gasteiger partial charge in [0.05, 0.1) is 18.0 Å². The van der Waals surface area contributed by atoms with Crippen molar-refractivity contribution < 1.29 is 4.74 Å². The molecule has 0 bridgehead atoms. The maximum atomic E-state index is 9.43. The standard InChI is InChI=1S/C18H14N6O/c1-2-25-18(20)17-14(11-19)23-15(12-7-3-5-9-21-12)16(24-17)13-8-4-6-10-22-13/h3-10,20H,2H2,1H3. The van der Waals surface area contributed by atoms with Gasteiger partial charge in [0.2, 0.25) is 5.90 Å². The lowest BCUT2D eigenvalue weighted by molar-refractivity contribution is 0.324. The molecule has 3 aromatic rings. The summed E-state index contributed by atoms with van der Waals surface area (Å²) >= 11 is 0. The predicted molar refractivity (Wildman–Crippen MR) is 91.7 cm³/mol. The molecule has 0 saturated heterocycles. The number of hydrogen-bond donors (Lipinski definition) is 1. The summed E-state index contributed by atoms with van der Waals surface area (Å²) in [4.78, 5) is 17.5. The topological polar surface area (TPSA) is 108 Å². The van der Waals surface area contributed by atoms with E-state index in [2.05, 4.69) is 19.9 Å². The van der Waals surface area contributed by atoms with Crippen LogP contribution in [0.4, 0.5) is 0 Å². The van der Waals surface area contributed by atoms with Crippen LogP contribution in [0.2, 0.25) is 0 Å². The third-order valence-electron chi connectivity index (χ3n) is 3.32. The molecule has 0 aliphatic rings. The van der Waals surface area contributed by atoms with Crippen LogP contribution >= 0.6 is 0 Å². The van der Waals surface area contributed by atoms with Crippen LogP contribution < -0.4 is 0 Å². The van der Waals surface area contributed by atoms with Gasteiger partial charge in [-0.15, -0.1) is 0 Å². The van der Waals surface area contributed by atoms with Crippen LogP contribution in [0.15, 0.2) is 48.8 Å². The Morgan fingerprint density at radius 2 is 1.64 bits per heavy atom. The monoisotopic (exact) mass is 330 g/mol. The Morgan fingerprint density at radius 1 is 1.04 bits per heavy atom. The van der Waals surface area contributed by atoms with Gasteiger partial charge in [-0.1, -0.05) is 12.1 Å². The van der Waals surface area contributed by atoms with Crippen LogP contribution in [0, 0.1) is 16.7 Å². The van der Waals surface area contributed by atoms with Crippen LogP contribution in [0.1, 0.15) is 18.3 Å². The van der Waals surface area contributed by atoms with Crippen molar-refractivity contribution in [1.29, 1.82) is 10.7 Å². The summed E-state index contributed by atoms with van der Waals surface area (Å²) in [7, 11) is 0. The molecule has 7 nitrogen and oxygen atoms in total. The molecule has 0 saturated carbocycles. The molecule has 0 unspecified atom stereocenters. The summed E-state index contributed by atoms with van der Waals surface area (Å²) in [6.07, 6.45) is 3.28. The quantitative estimate of drug-likeness (QED) is 0.582. The lowest BCUT2D eigenvalue weighted by Gasteiger charge is -2.11. The van der Waals surface area contributed by atoms with E-state index in [1.165, 1.54) is 0 Å². The molecule has 0 fully saturated rings. The Bertz CT molecular complexity index is 935. The molecule has 3 heterocycles. The highest BCUT2D eigenvalue weighted by atomic mass is 16.5. The minimum Gasteiger partial charge on any atom is -0.477 e. The number of aromatic nitrogens is 4. The van der Waals surface area contributed by atoms with E-state index in [1.54, 1.807) is 43.6 Å². The van der Waals surface area contributed by atoms with Crippen molar-refractivity contribution in [2.45, 2.75) is 6.92 Å². The maximum Gasteiger partial charge on any atom is 0.235 e. The van der Waals surface area contributed by atoms with Crippen LogP contribution in [0.5, 0.6) is 0 Å². The van der Waals surface area contributed by atoms with Gasteiger partial charge in [0, 0.05) is 12.4 Å². The normalized spacial score (nSPS) is 10.1. The Balaban J connectivity index is 2.27. The molecule has 0 aliphatic carbocycles. The first-order valence-electron chi connectivity index (χ1n) is 7.61. The second-order valence-electron chi connectivity index (χ2n) is 4.92. The van der Waals surface area contributed by atoms with Gasteiger partial charge in [-0.25, -0.2) is 9.97 Å². The molecular weight excluding hydrogens is 316 g/mol. The second kappa shape index (κ2) is 7.27. The Hall–Kier alpha value is -3.66. The highest BCUT2D eigenvalue weighted by molar-refractivity contribution is 5.93. The van der Waals surface area contributed by atoms with Crippen LogP contribution in [-0.4, -0.2) is 32.4 Å². The van der Waals surface area contributed by atoms with E-state index in [4.69, 9.17) is 10.1 Å². The number of nitrogens with one attached hydrogen (secondary N) is 1. The minimum absolute atomic E-state index is 0.0128. The molecule has 3 rings (SSSR count). The number of nitriles is 1. The highest BCUT2D eigenvalue weighted by Gasteiger charge is 2.21. The van der Waals surface area contributed by atoms with E-state index < -0.39 is 0 Å². The lowest BCUT2D eigenvalue weighted by atomic mass is 10.1. The van der Waals surface area contributed by atoms with Crippen LogP contribution in [0.25, 0.3) is 22.8 Å². The highest BCUT2D eigenvalue weighted by Crippen LogP contribution is 2.27. The zero-order valence-corrected chi connectivity index (χ0v) is 13.5. The number of nitrogens with zero attached hydrogens (tertiary/aromatic N) is 5. The van der Waals surface area contributed by atoms with Gasteiger partial charge in [0.15, 0.2) is 11.4 Å². The van der Waals surface area contributed by atoms with Crippen molar-refractivity contribution in [2.75, 3.05) is 6.61 Å². The van der Waals surface area contributed by atoms with Gasteiger partial charge in [0.1, 0.15) is 17.5 Å². The summed E-state index contributed by atoms with van der Waals surface area (Å²) in [5.74, 6) is -0.198. The van der Waals surface area contributed by atoms with Gasteiger partial charge in [-0.05, 0) is 31.2 Å². The van der Waals surface area contributed by atoms with Gasteiger partial charge >= 0.3 is 0 Å². The van der Waals surface area contributed by atoms with Crippen molar-refractivity contribution >= 4 is 5.90 Å². The maximum absolute atomic E-state index is 9.43. The van der Waals surface area contributed by atoms with E-state index in [0.717, 1.165) is 0 Å². The Morgan fingerprint density at radius 3 is 2.12 bits per heavy atom. The average Bonchev–Trinajstić information content (AvgIpc) is 2.68. The molecule has 1 N–H and O–H groups in total. The van der Waals surface area contributed by atoms with Crippen LogP contribution in [-0.2, 0) is 4.74 Å². The van der Waals surface area contributed by atoms with E-state index >= 15 is 0 Å². The average molecular weight is 330 g/mol. The summed E-state index contributed by atoms with van der Waals surface area (Å²) in [5, 5.41) is 17.4. The van der Waals surface area contributed by atoms with Crippen molar-refractivity contribution in [1.82, 2.24) is 19.9 Å². The fraction of sp³-hybridized carbons (Fsp3) is 0.111. The van der Waals surface area contributed by atoms with E-state index in [-0.39, 0.29) is 17.3 Å². The molecule has 122 valence electrons. The zero-order valence-electron chi connectivity index (χ0n) is 13.5. The predicted octanol–water partition coefficient (Wildman–Crippen LogP) is 2.83. The Kier molecular flexibility index (Phi) is 4.72. The molecule has 7 heteroatoms. The molecule has 0 radical (unpaired) electrons.